The van der Waals surface area contributed by atoms with Gasteiger partial charge in [-0.2, -0.15) is 5.26 Å². The Labute approximate surface area is 116 Å². The van der Waals surface area contributed by atoms with Crippen molar-refractivity contribution in [1.82, 2.24) is 5.32 Å². The minimum atomic E-state index is -0.557. The van der Waals surface area contributed by atoms with Crippen LogP contribution in [-0.2, 0) is 0 Å². The normalized spacial score (nSPS) is 15.6. The third-order valence-corrected chi connectivity index (χ3v) is 2.91. The number of hydrogen-bond acceptors (Lipinski definition) is 3. The molecule has 0 spiro atoms. The predicted octanol–water partition coefficient (Wildman–Crippen LogP) is 3.43. The fraction of sp³-hybridized carbons (Fsp3) is 0.562. The zero-order chi connectivity index (χ0) is 14.5. The van der Waals surface area contributed by atoms with Crippen LogP contribution in [0.25, 0.3) is 0 Å². The number of nitrogens with zero attached hydrogens (tertiary/aromatic N) is 1. The Balaban J connectivity index is 2.61. The van der Waals surface area contributed by atoms with Gasteiger partial charge in [0.25, 0.3) is 0 Å². The van der Waals surface area contributed by atoms with Crippen LogP contribution in [-0.4, -0.2) is 17.7 Å². The van der Waals surface area contributed by atoms with Gasteiger partial charge >= 0.3 is 0 Å². The molecule has 3 heteroatoms. The summed E-state index contributed by atoms with van der Waals surface area (Å²) in [7, 11) is 0. The van der Waals surface area contributed by atoms with E-state index in [4.69, 9.17) is 4.74 Å². The first kappa shape index (κ1) is 15.5. The van der Waals surface area contributed by atoms with Gasteiger partial charge in [0.1, 0.15) is 11.3 Å². The lowest BCUT2D eigenvalue weighted by atomic mass is 9.95. The maximum Gasteiger partial charge on any atom is 0.119 e. The lowest BCUT2D eigenvalue weighted by Gasteiger charge is -2.29. The van der Waals surface area contributed by atoms with E-state index in [0.717, 1.165) is 5.75 Å². The van der Waals surface area contributed by atoms with Gasteiger partial charge in [-0.3, -0.25) is 5.32 Å². The van der Waals surface area contributed by atoms with Gasteiger partial charge in [-0.15, -0.1) is 0 Å². The molecular formula is C16H24N2O. The van der Waals surface area contributed by atoms with E-state index in [2.05, 4.69) is 11.4 Å². The van der Waals surface area contributed by atoms with Crippen molar-refractivity contribution in [3.05, 3.63) is 29.8 Å². The molecule has 104 valence electrons. The first-order valence-electron chi connectivity index (χ1n) is 6.77. The second kappa shape index (κ2) is 6.58. The highest BCUT2D eigenvalue weighted by molar-refractivity contribution is 5.26. The van der Waals surface area contributed by atoms with Crippen molar-refractivity contribution in [2.24, 2.45) is 0 Å². The number of benzene rings is 1. The monoisotopic (exact) mass is 260 g/mol. The van der Waals surface area contributed by atoms with E-state index in [0.29, 0.717) is 6.42 Å². The Bertz CT molecular complexity index is 433. The van der Waals surface area contributed by atoms with Gasteiger partial charge in [0.15, 0.2) is 0 Å². The molecule has 0 bridgehead atoms. The molecule has 0 fully saturated rings. The number of rotatable bonds is 6. The van der Waals surface area contributed by atoms with Gasteiger partial charge in [-0.1, -0.05) is 17.7 Å². The Kier molecular flexibility index (Phi) is 5.38. The number of ether oxygens (including phenoxy) is 1. The van der Waals surface area contributed by atoms with E-state index in [1.165, 1.54) is 5.56 Å². The van der Waals surface area contributed by atoms with Crippen molar-refractivity contribution >= 4 is 0 Å². The zero-order valence-corrected chi connectivity index (χ0v) is 12.5. The average Bonchev–Trinajstić information content (AvgIpc) is 2.31. The molecule has 1 aromatic rings. The van der Waals surface area contributed by atoms with Crippen LogP contribution in [0.15, 0.2) is 24.3 Å². The Morgan fingerprint density at radius 3 is 2.32 bits per heavy atom. The molecule has 0 aliphatic rings. The molecule has 1 rings (SSSR count). The van der Waals surface area contributed by atoms with E-state index < -0.39 is 5.54 Å². The Morgan fingerprint density at radius 1 is 1.26 bits per heavy atom. The van der Waals surface area contributed by atoms with E-state index in [1.807, 2.05) is 58.9 Å². The van der Waals surface area contributed by atoms with Crippen molar-refractivity contribution in [3.8, 4) is 11.8 Å². The molecule has 0 aliphatic heterocycles. The number of aryl methyl sites for hydroxylation is 1. The summed E-state index contributed by atoms with van der Waals surface area (Å²) in [5.41, 5.74) is 0.654. The topological polar surface area (TPSA) is 45.0 Å². The molecule has 1 aromatic carbocycles. The minimum Gasteiger partial charge on any atom is -0.491 e. The van der Waals surface area contributed by atoms with E-state index in [1.54, 1.807) is 0 Å². The SMILES string of the molecule is Cc1ccc(OC(C)CC(C)(C#N)NC(C)C)cc1. The highest BCUT2D eigenvalue weighted by Gasteiger charge is 2.27. The lowest BCUT2D eigenvalue weighted by Crippen LogP contribution is -2.47. The molecule has 2 atom stereocenters. The maximum atomic E-state index is 9.32. The second-order valence-electron chi connectivity index (χ2n) is 5.69. The predicted molar refractivity (Wildman–Crippen MR) is 78.2 cm³/mol. The standard InChI is InChI=1S/C16H24N2O/c1-12(2)18-16(5,11-17)10-14(4)19-15-8-6-13(3)7-9-15/h6-9,12,14,18H,10H2,1-5H3. The minimum absolute atomic E-state index is 0.0152. The Hall–Kier alpha value is -1.53. The van der Waals surface area contributed by atoms with Gasteiger partial charge in [-0.25, -0.2) is 0 Å². The van der Waals surface area contributed by atoms with E-state index in [9.17, 15) is 5.26 Å². The first-order chi connectivity index (χ1) is 8.84. The summed E-state index contributed by atoms with van der Waals surface area (Å²) in [6.07, 6.45) is 0.633. The van der Waals surface area contributed by atoms with Gasteiger partial charge in [0.05, 0.1) is 12.2 Å². The molecule has 0 aliphatic carbocycles. The van der Waals surface area contributed by atoms with Crippen LogP contribution >= 0.6 is 0 Å². The summed E-state index contributed by atoms with van der Waals surface area (Å²) in [5, 5.41) is 12.6. The van der Waals surface area contributed by atoms with Crippen LogP contribution in [0.4, 0.5) is 0 Å². The van der Waals surface area contributed by atoms with Crippen molar-refractivity contribution in [1.29, 1.82) is 5.26 Å². The summed E-state index contributed by atoms with van der Waals surface area (Å²) in [5.74, 6) is 0.850. The van der Waals surface area contributed by atoms with Crippen molar-refractivity contribution in [2.75, 3.05) is 0 Å². The summed E-state index contributed by atoms with van der Waals surface area (Å²) < 4.78 is 5.86. The van der Waals surface area contributed by atoms with Crippen LogP contribution in [0.1, 0.15) is 39.7 Å². The fourth-order valence-corrected chi connectivity index (χ4v) is 2.24. The molecule has 0 heterocycles. The summed E-state index contributed by atoms with van der Waals surface area (Å²) in [6, 6.07) is 10.6. The smallest absolute Gasteiger partial charge is 0.119 e. The van der Waals surface area contributed by atoms with Crippen molar-refractivity contribution in [3.63, 3.8) is 0 Å². The largest absolute Gasteiger partial charge is 0.491 e. The molecule has 0 saturated carbocycles. The number of hydrogen-bond donors (Lipinski definition) is 1. The fourth-order valence-electron chi connectivity index (χ4n) is 2.24. The van der Waals surface area contributed by atoms with Gasteiger partial charge in [-0.05, 0) is 46.8 Å². The van der Waals surface area contributed by atoms with Crippen LogP contribution < -0.4 is 10.1 Å². The highest BCUT2D eigenvalue weighted by Crippen LogP contribution is 2.19. The molecule has 2 unspecified atom stereocenters. The van der Waals surface area contributed by atoms with Crippen LogP contribution in [0, 0.1) is 18.3 Å². The molecular weight excluding hydrogens is 236 g/mol. The number of nitriles is 1. The van der Waals surface area contributed by atoms with Gasteiger partial charge in [0, 0.05) is 12.5 Å². The summed E-state index contributed by atoms with van der Waals surface area (Å²) >= 11 is 0. The Morgan fingerprint density at radius 2 is 1.84 bits per heavy atom. The van der Waals surface area contributed by atoms with Crippen molar-refractivity contribution < 1.29 is 4.74 Å². The molecule has 1 N–H and O–H groups in total. The zero-order valence-electron chi connectivity index (χ0n) is 12.5. The van der Waals surface area contributed by atoms with Gasteiger partial charge in [0.2, 0.25) is 0 Å². The average molecular weight is 260 g/mol. The first-order valence-corrected chi connectivity index (χ1v) is 6.77. The van der Waals surface area contributed by atoms with E-state index >= 15 is 0 Å². The van der Waals surface area contributed by atoms with E-state index in [-0.39, 0.29) is 12.1 Å². The molecule has 0 amide bonds. The maximum absolute atomic E-state index is 9.32. The molecule has 3 nitrogen and oxygen atoms in total. The molecule has 0 aromatic heterocycles. The van der Waals surface area contributed by atoms with Crippen LogP contribution in [0.5, 0.6) is 5.75 Å². The third-order valence-electron chi connectivity index (χ3n) is 2.91. The van der Waals surface area contributed by atoms with Crippen LogP contribution in [0.2, 0.25) is 0 Å². The summed E-state index contributed by atoms with van der Waals surface area (Å²) in [6.45, 7) is 10.0. The molecule has 0 radical (unpaired) electrons. The number of nitrogens with one attached hydrogen (secondary N) is 1. The lowest BCUT2D eigenvalue weighted by molar-refractivity contribution is 0.176. The van der Waals surface area contributed by atoms with Crippen LogP contribution in [0.3, 0.4) is 0 Å². The second-order valence-corrected chi connectivity index (χ2v) is 5.69. The summed E-state index contributed by atoms with van der Waals surface area (Å²) in [4.78, 5) is 0. The molecule has 0 saturated heterocycles. The third kappa shape index (κ3) is 5.32. The molecule has 19 heavy (non-hydrogen) atoms. The highest BCUT2D eigenvalue weighted by atomic mass is 16.5. The van der Waals surface area contributed by atoms with Gasteiger partial charge < -0.3 is 4.74 Å². The van der Waals surface area contributed by atoms with Crippen molar-refractivity contribution in [2.45, 2.75) is 58.7 Å². The quantitative estimate of drug-likeness (QED) is 0.852.